The van der Waals surface area contributed by atoms with E-state index in [1.54, 1.807) is 20.2 Å². The summed E-state index contributed by atoms with van der Waals surface area (Å²) in [5, 5.41) is 3.14. The Hall–Kier alpha value is -4.06. The van der Waals surface area contributed by atoms with Gasteiger partial charge in [0.2, 0.25) is 0 Å². The van der Waals surface area contributed by atoms with E-state index < -0.39 is 11.9 Å². The number of hydrogen-bond donors (Lipinski definition) is 1. The van der Waals surface area contributed by atoms with E-state index in [2.05, 4.69) is 20.3 Å². The highest BCUT2D eigenvalue weighted by Gasteiger charge is 2.27. The number of aromatic nitrogens is 3. The molecule has 3 aromatic rings. The van der Waals surface area contributed by atoms with Crippen LogP contribution in [0.25, 0.3) is 11.3 Å². The van der Waals surface area contributed by atoms with Gasteiger partial charge >= 0.3 is 11.9 Å². The van der Waals surface area contributed by atoms with E-state index >= 15 is 0 Å². The molecule has 1 aliphatic heterocycles. The first-order valence-electron chi connectivity index (χ1n) is 13.0. The number of thiazole rings is 1. The molecular formula is C28H33N5O6S. The minimum Gasteiger partial charge on any atom is -0.496 e. The van der Waals surface area contributed by atoms with Crippen molar-refractivity contribution >= 4 is 40.1 Å². The Labute approximate surface area is 236 Å². The van der Waals surface area contributed by atoms with Crippen LogP contribution in [0.1, 0.15) is 53.2 Å². The third-order valence-corrected chi connectivity index (χ3v) is 7.52. The van der Waals surface area contributed by atoms with Gasteiger partial charge in [-0.1, -0.05) is 11.3 Å². The van der Waals surface area contributed by atoms with Crippen molar-refractivity contribution in [3.63, 3.8) is 0 Å². The van der Waals surface area contributed by atoms with E-state index in [9.17, 15) is 14.4 Å². The van der Waals surface area contributed by atoms with E-state index in [1.807, 2.05) is 30.9 Å². The maximum Gasteiger partial charge on any atom is 0.309 e. The summed E-state index contributed by atoms with van der Waals surface area (Å²) in [6, 6.07) is 3.90. The maximum atomic E-state index is 13.0. The quantitative estimate of drug-likeness (QED) is 0.373. The normalized spacial score (nSPS) is 13.6. The van der Waals surface area contributed by atoms with Crippen LogP contribution in [0.5, 0.6) is 5.75 Å². The third kappa shape index (κ3) is 6.74. The Bertz CT molecular complexity index is 1360. The van der Waals surface area contributed by atoms with Crippen LogP contribution in [-0.4, -0.2) is 59.6 Å². The number of anilines is 2. The highest BCUT2D eigenvalue weighted by molar-refractivity contribution is 7.16. The number of methoxy groups -OCH3 is 1. The first-order chi connectivity index (χ1) is 19.2. The summed E-state index contributed by atoms with van der Waals surface area (Å²) < 4.78 is 15.8. The monoisotopic (exact) mass is 567 g/mol. The van der Waals surface area contributed by atoms with Crippen molar-refractivity contribution in [1.82, 2.24) is 15.0 Å². The van der Waals surface area contributed by atoms with Gasteiger partial charge in [-0.3, -0.25) is 19.7 Å². The van der Waals surface area contributed by atoms with Crippen LogP contribution in [0, 0.1) is 19.8 Å². The van der Waals surface area contributed by atoms with Crippen LogP contribution < -0.4 is 15.0 Å². The van der Waals surface area contributed by atoms with Gasteiger partial charge in [-0.05, 0) is 56.9 Å². The van der Waals surface area contributed by atoms with E-state index in [4.69, 9.17) is 14.2 Å². The summed E-state index contributed by atoms with van der Waals surface area (Å²) in [5.74, 6) is 0.311. The van der Waals surface area contributed by atoms with Gasteiger partial charge in [0.15, 0.2) is 5.13 Å². The second-order valence-electron chi connectivity index (χ2n) is 9.44. The van der Waals surface area contributed by atoms with Gasteiger partial charge in [-0.2, -0.15) is 0 Å². The van der Waals surface area contributed by atoms with E-state index in [1.165, 1.54) is 24.5 Å². The Morgan fingerprint density at radius 3 is 2.35 bits per heavy atom. The van der Waals surface area contributed by atoms with Crippen molar-refractivity contribution in [1.29, 1.82) is 0 Å². The maximum absolute atomic E-state index is 13.0. The van der Waals surface area contributed by atoms with Crippen LogP contribution >= 0.6 is 11.3 Å². The van der Waals surface area contributed by atoms with Gasteiger partial charge in [0.25, 0.3) is 5.91 Å². The zero-order valence-electron chi connectivity index (χ0n) is 23.3. The summed E-state index contributed by atoms with van der Waals surface area (Å²) >= 11 is 1.23. The molecule has 1 saturated heterocycles. The van der Waals surface area contributed by atoms with Crippen molar-refractivity contribution in [2.75, 3.05) is 37.0 Å². The number of rotatable bonds is 9. The Balaban J connectivity index is 1.47. The number of nitrogens with zero attached hydrogens (tertiary/aromatic N) is 4. The molecule has 1 fully saturated rings. The number of esters is 2. The van der Waals surface area contributed by atoms with E-state index in [0.29, 0.717) is 54.1 Å². The smallest absolute Gasteiger partial charge is 0.309 e. The molecule has 12 heteroatoms. The van der Waals surface area contributed by atoms with E-state index in [0.717, 1.165) is 22.4 Å². The van der Waals surface area contributed by atoms with Crippen LogP contribution in [0.15, 0.2) is 24.5 Å². The standard InChI is InChI=1S/C28H33N5O6S/c1-6-38-27(36)19-7-9-33(10-8-19)23-14-29-21(13-30-23)26(35)32-28-31-24(22(40-28)15-39-18(4)34)20-11-16(2)25(37-5)17(3)12-20/h11-14,19H,6-10,15H2,1-5H3,(H,31,32,35). The fourth-order valence-corrected chi connectivity index (χ4v) is 5.56. The highest BCUT2D eigenvalue weighted by atomic mass is 32.1. The molecule has 3 heterocycles. The number of nitrogens with one attached hydrogen (secondary N) is 1. The molecule has 212 valence electrons. The van der Waals surface area contributed by atoms with E-state index in [-0.39, 0.29) is 24.2 Å². The van der Waals surface area contributed by atoms with Crippen LogP contribution in [0.3, 0.4) is 0 Å². The molecule has 0 aliphatic carbocycles. The van der Waals surface area contributed by atoms with Gasteiger partial charge < -0.3 is 19.1 Å². The van der Waals surface area contributed by atoms with Crippen molar-refractivity contribution in [3.8, 4) is 17.0 Å². The first-order valence-corrected chi connectivity index (χ1v) is 13.8. The SMILES string of the molecule is CCOC(=O)C1CCN(c2cnc(C(=O)Nc3nc(-c4cc(C)c(OC)c(C)c4)c(COC(C)=O)s3)cn2)CC1. The molecule has 1 amide bonds. The number of aryl methyl sites for hydroxylation is 2. The Morgan fingerprint density at radius 1 is 1.07 bits per heavy atom. The molecular weight excluding hydrogens is 534 g/mol. The van der Waals surface area contributed by atoms with Gasteiger partial charge in [-0.15, -0.1) is 0 Å². The Kier molecular flexibility index (Phi) is 9.30. The number of carbonyl (C=O) groups excluding carboxylic acids is 3. The number of carbonyl (C=O) groups is 3. The summed E-state index contributed by atoms with van der Waals surface area (Å²) in [5.41, 5.74) is 3.46. The molecule has 0 radical (unpaired) electrons. The molecule has 0 spiro atoms. The second kappa shape index (κ2) is 12.9. The molecule has 1 aromatic carbocycles. The molecule has 0 saturated carbocycles. The van der Waals surface area contributed by atoms with Gasteiger partial charge in [0, 0.05) is 25.6 Å². The zero-order chi connectivity index (χ0) is 28.8. The lowest BCUT2D eigenvalue weighted by Gasteiger charge is -2.31. The average Bonchev–Trinajstić information content (AvgIpc) is 3.34. The average molecular weight is 568 g/mol. The lowest BCUT2D eigenvalue weighted by atomic mass is 9.97. The van der Waals surface area contributed by atoms with Crippen molar-refractivity contribution < 1.29 is 28.6 Å². The number of ether oxygens (including phenoxy) is 3. The minimum absolute atomic E-state index is 0.0314. The fourth-order valence-electron chi connectivity index (χ4n) is 4.67. The lowest BCUT2D eigenvalue weighted by molar-refractivity contribution is -0.148. The van der Waals surface area contributed by atoms with Gasteiger partial charge in [0.1, 0.15) is 23.9 Å². The molecule has 4 rings (SSSR count). The third-order valence-electron chi connectivity index (χ3n) is 6.57. The molecule has 11 nitrogen and oxygen atoms in total. The molecule has 0 unspecified atom stereocenters. The van der Waals surface area contributed by atoms with Gasteiger partial charge in [-0.25, -0.2) is 15.0 Å². The second-order valence-corrected chi connectivity index (χ2v) is 10.5. The topological polar surface area (TPSA) is 133 Å². The van der Waals surface area contributed by atoms with Crippen LogP contribution in [0.2, 0.25) is 0 Å². The van der Waals surface area contributed by atoms with Crippen molar-refractivity contribution in [2.24, 2.45) is 5.92 Å². The number of benzene rings is 1. The highest BCUT2D eigenvalue weighted by Crippen LogP contribution is 2.36. The molecule has 0 atom stereocenters. The van der Waals surface area contributed by atoms with Gasteiger partial charge in [0.05, 0.1) is 42.6 Å². The lowest BCUT2D eigenvalue weighted by Crippen LogP contribution is -2.37. The predicted octanol–water partition coefficient (Wildman–Crippen LogP) is 4.32. The van der Waals surface area contributed by atoms with Crippen molar-refractivity contribution in [2.45, 2.75) is 47.1 Å². The zero-order valence-corrected chi connectivity index (χ0v) is 24.1. The molecule has 1 aliphatic rings. The largest absolute Gasteiger partial charge is 0.496 e. The first kappa shape index (κ1) is 28.9. The van der Waals surface area contributed by atoms with Crippen LogP contribution in [0.4, 0.5) is 10.9 Å². The molecule has 40 heavy (non-hydrogen) atoms. The number of amides is 1. The summed E-state index contributed by atoms with van der Waals surface area (Å²) in [6.07, 6.45) is 4.34. The molecule has 1 N–H and O–H groups in total. The summed E-state index contributed by atoms with van der Waals surface area (Å²) in [6.45, 7) is 8.76. The fraction of sp³-hybridized carbons (Fsp3) is 0.429. The molecule has 2 aromatic heterocycles. The Morgan fingerprint density at radius 2 is 1.77 bits per heavy atom. The van der Waals surface area contributed by atoms with Crippen LogP contribution in [-0.2, 0) is 25.7 Å². The summed E-state index contributed by atoms with van der Waals surface area (Å²) in [7, 11) is 1.63. The van der Waals surface area contributed by atoms with Crippen molar-refractivity contribution in [3.05, 3.63) is 46.2 Å². The number of piperidine rings is 1. The number of hydrogen-bond acceptors (Lipinski definition) is 11. The minimum atomic E-state index is -0.457. The molecule has 0 bridgehead atoms. The predicted molar refractivity (Wildman–Crippen MR) is 151 cm³/mol. The summed E-state index contributed by atoms with van der Waals surface area (Å²) in [4.78, 5) is 52.6.